The number of ketones is 1. The van der Waals surface area contributed by atoms with Crippen LogP contribution in [0.15, 0.2) is 52.5 Å². The summed E-state index contributed by atoms with van der Waals surface area (Å²) in [5, 5.41) is 9.25. The molecular weight excluding hydrogens is 548 g/mol. The van der Waals surface area contributed by atoms with Gasteiger partial charge in [-0.15, -0.1) is 11.3 Å². The van der Waals surface area contributed by atoms with Crippen molar-refractivity contribution >= 4 is 57.0 Å². The number of imidazole rings is 1. The number of carbonyl (C=O) groups is 2. The van der Waals surface area contributed by atoms with Gasteiger partial charge in [-0.1, -0.05) is 0 Å². The number of pyridine rings is 1. The number of hydrogen-bond acceptors (Lipinski definition) is 10. The largest absolute Gasteiger partial charge is 0.481 e. The number of carbonyl (C=O) groups excluding carboxylic acids is 2. The van der Waals surface area contributed by atoms with E-state index in [-0.39, 0.29) is 17.6 Å². The highest BCUT2D eigenvalue weighted by atomic mass is 32.1. The number of ether oxygens (including phenoxy) is 2. The normalized spacial score (nSPS) is 13.9. The molecule has 0 bridgehead atoms. The molecule has 40 heavy (non-hydrogen) atoms. The maximum Gasteiger partial charge on any atom is 0.277 e. The van der Waals surface area contributed by atoms with Gasteiger partial charge in [0, 0.05) is 58.7 Å². The first kappa shape index (κ1) is 26.0. The molecule has 0 atom stereocenters. The zero-order valence-corrected chi connectivity index (χ0v) is 23.5. The number of H-pyrrole nitrogens is 1. The monoisotopic (exact) mass is 574 g/mol. The lowest BCUT2D eigenvalue weighted by Gasteiger charge is -2.33. The minimum Gasteiger partial charge on any atom is -0.481 e. The van der Waals surface area contributed by atoms with E-state index in [4.69, 9.17) is 9.47 Å². The molecular formula is C28H26N6O4S2. The van der Waals surface area contributed by atoms with Crippen LogP contribution in [0.4, 0.5) is 11.6 Å². The van der Waals surface area contributed by atoms with E-state index in [0.29, 0.717) is 45.6 Å². The molecule has 1 fully saturated rings. The van der Waals surface area contributed by atoms with Gasteiger partial charge in [-0.3, -0.25) is 14.9 Å². The lowest BCUT2D eigenvalue weighted by Crippen LogP contribution is -2.33. The molecule has 6 rings (SSSR count). The van der Waals surface area contributed by atoms with Crippen LogP contribution in [0.2, 0.25) is 0 Å². The van der Waals surface area contributed by atoms with Crippen LogP contribution in [-0.4, -0.2) is 58.9 Å². The van der Waals surface area contributed by atoms with Gasteiger partial charge in [0.25, 0.3) is 5.91 Å². The summed E-state index contributed by atoms with van der Waals surface area (Å²) >= 11 is 2.99. The molecule has 1 amide bonds. The number of nitrogens with zero attached hydrogens (tertiary/aromatic N) is 4. The molecule has 0 spiro atoms. The average Bonchev–Trinajstić information content (AvgIpc) is 3.77. The predicted molar refractivity (Wildman–Crippen MR) is 155 cm³/mol. The quantitative estimate of drug-likeness (QED) is 0.238. The van der Waals surface area contributed by atoms with Crippen molar-refractivity contribution in [2.24, 2.45) is 0 Å². The summed E-state index contributed by atoms with van der Waals surface area (Å²) in [5.74, 6) is 1.24. The van der Waals surface area contributed by atoms with Crippen LogP contribution >= 0.6 is 22.7 Å². The number of methoxy groups -OCH3 is 2. The van der Waals surface area contributed by atoms with Gasteiger partial charge < -0.3 is 19.4 Å². The Balaban J connectivity index is 1.09. The molecule has 5 heterocycles. The summed E-state index contributed by atoms with van der Waals surface area (Å²) in [4.78, 5) is 44.4. The molecule has 5 aromatic rings. The first-order valence-corrected chi connectivity index (χ1v) is 14.5. The molecule has 2 N–H and O–H groups in total. The fourth-order valence-electron chi connectivity index (χ4n) is 4.77. The van der Waals surface area contributed by atoms with E-state index < -0.39 is 0 Å². The molecule has 12 heteroatoms. The molecule has 0 saturated carbocycles. The van der Waals surface area contributed by atoms with E-state index in [9.17, 15) is 9.59 Å². The Morgan fingerprint density at radius 2 is 1.75 bits per heavy atom. The van der Waals surface area contributed by atoms with Crippen LogP contribution in [0, 0.1) is 0 Å². The summed E-state index contributed by atoms with van der Waals surface area (Å²) in [6.45, 7) is 1.69. The maximum absolute atomic E-state index is 13.0. The number of thiazole rings is 1. The zero-order valence-electron chi connectivity index (χ0n) is 21.8. The van der Waals surface area contributed by atoms with Gasteiger partial charge in [-0.2, -0.15) is 16.3 Å². The SMILES string of the molecule is COc1cc(N2CCC(c3nc(C(=O)Nc4nc5ccc(C(=O)c6ccsc6)cc5[nH]4)cs3)CC2)cc(OC)n1. The van der Waals surface area contributed by atoms with Crippen molar-refractivity contribution in [2.45, 2.75) is 18.8 Å². The van der Waals surface area contributed by atoms with Gasteiger partial charge in [0.2, 0.25) is 17.7 Å². The Labute approximate surface area is 238 Å². The van der Waals surface area contributed by atoms with E-state index in [1.165, 1.54) is 22.7 Å². The molecule has 0 radical (unpaired) electrons. The summed E-state index contributed by atoms with van der Waals surface area (Å²) in [5.41, 5.74) is 3.92. The minimum absolute atomic E-state index is 0.0515. The van der Waals surface area contributed by atoms with Crippen molar-refractivity contribution in [1.29, 1.82) is 0 Å². The standard InChI is InChI=1S/C28H26N6O4S2/c1-37-23-12-19(13-24(32-23)38-2)34-8-5-16(6-9-34)27-29-22(15-40-27)26(36)33-28-30-20-4-3-17(11-21(20)31-28)25(35)18-7-10-39-14-18/h3-4,7,10-16H,5-6,8-9H2,1-2H3,(H2,30,31,33,36). The number of fused-ring (bicyclic) bond motifs is 1. The third-order valence-corrected chi connectivity index (χ3v) is 8.60. The predicted octanol–water partition coefficient (Wildman–Crippen LogP) is 5.36. The van der Waals surface area contributed by atoms with Gasteiger partial charge in [-0.25, -0.2) is 9.97 Å². The third-order valence-electron chi connectivity index (χ3n) is 6.90. The fourth-order valence-corrected chi connectivity index (χ4v) is 6.37. The number of hydrogen-bond donors (Lipinski definition) is 2. The highest BCUT2D eigenvalue weighted by Crippen LogP contribution is 2.34. The van der Waals surface area contributed by atoms with Crippen molar-refractivity contribution < 1.29 is 19.1 Å². The first-order valence-electron chi connectivity index (χ1n) is 12.7. The fraction of sp³-hybridized carbons (Fsp3) is 0.250. The van der Waals surface area contributed by atoms with Gasteiger partial charge in [-0.05, 0) is 42.5 Å². The van der Waals surface area contributed by atoms with E-state index in [0.717, 1.165) is 36.6 Å². The van der Waals surface area contributed by atoms with Crippen LogP contribution in [-0.2, 0) is 0 Å². The smallest absolute Gasteiger partial charge is 0.277 e. The number of thiophene rings is 1. The number of rotatable bonds is 8. The van der Waals surface area contributed by atoms with Gasteiger partial charge in [0.05, 0.1) is 30.3 Å². The topological polar surface area (TPSA) is 122 Å². The minimum atomic E-state index is -0.329. The summed E-state index contributed by atoms with van der Waals surface area (Å²) in [7, 11) is 3.18. The Hall–Kier alpha value is -4.29. The van der Waals surface area contributed by atoms with Crippen LogP contribution in [0.1, 0.15) is 50.2 Å². The number of amides is 1. The number of piperidine rings is 1. The highest BCUT2D eigenvalue weighted by molar-refractivity contribution is 7.10. The Kier molecular flexibility index (Phi) is 7.18. The van der Waals surface area contributed by atoms with Gasteiger partial charge >= 0.3 is 0 Å². The van der Waals surface area contributed by atoms with E-state index in [1.54, 1.807) is 43.9 Å². The van der Waals surface area contributed by atoms with Gasteiger partial charge in [0.15, 0.2) is 5.78 Å². The van der Waals surface area contributed by atoms with Crippen molar-refractivity contribution in [3.05, 3.63) is 74.4 Å². The molecule has 0 aliphatic carbocycles. The summed E-state index contributed by atoms with van der Waals surface area (Å²) in [6, 6.07) is 10.9. The third kappa shape index (κ3) is 5.27. The second-order valence-electron chi connectivity index (χ2n) is 9.35. The molecule has 1 aromatic carbocycles. The molecule has 4 aromatic heterocycles. The zero-order chi connectivity index (χ0) is 27.6. The van der Waals surface area contributed by atoms with Crippen molar-refractivity contribution in [3.8, 4) is 11.8 Å². The van der Waals surface area contributed by atoms with Crippen molar-refractivity contribution in [3.63, 3.8) is 0 Å². The summed E-state index contributed by atoms with van der Waals surface area (Å²) < 4.78 is 10.6. The van der Waals surface area contributed by atoms with Crippen LogP contribution < -0.4 is 19.7 Å². The Morgan fingerprint density at radius 3 is 2.45 bits per heavy atom. The Morgan fingerprint density at radius 1 is 0.975 bits per heavy atom. The molecule has 10 nitrogen and oxygen atoms in total. The van der Waals surface area contributed by atoms with Crippen molar-refractivity contribution in [1.82, 2.24) is 19.9 Å². The summed E-state index contributed by atoms with van der Waals surface area (Å²) in [6.07, 6.45) is 1.83. The number of nitrogens with one attached hydrogen (secondary N) is 2. The lowest BCUT2D eigenvalue weighted by atomic mass is 9.97. The molecule has 1 aliphatic rings. The van der Waals surface area contributed by atoms with Crippen LogP contribution in [0.3, 0.4) is 0 Å². The second kappa shape index (κ2) is 11.1. The second-order valence-corrected chi connectivity index (χ2v) is 11.0. The Bertz CT molecular complexity index is 1650. The molecule has 1 saturated heterocycles. The van der Waals surface area contributed by atoms with E-state index in [1.807, 2.05) is 22.9 Å². The van der Waals surface area contributed by atoms with Gasteiger partial charge in [0.1, 0.15) is 5.69 Å². The number of aromatic amines is 1. The van der Waals surface area contributed by atoms with E-state index in [2.05, 4.69) is 30.2 Å². The molecule has 0 unspecified atom stereocenters. The number of anilines is 2. The van der Waals surface area contributed by atoms with Crippen LogP contribution in [0.25, 0.3) is 11.0 Å². The van der Waals surface area contributed by atoms with Crippen LogP contribution in [0.5, 0.6) is 11.8 Å². The highest BCUT2D eigenvalue weighted by Gasteiger charge is 2.25. The average molecular weight is 575 g/mol. The van der Waals surface area contributed by atoms with E-state index >= 15 is 0 Å². The molecule has 1 aliphatic heterocycles. The first-order chi connectivity index (χ1) is 19.5. The maximum atomic E-state index is 13.0. The van der Waals surface area contributed by atoms with Crippen molar-refractivity contribution in [2.75, 3.05) is 37.5 Å². The number of aromatic nitrogens is 4. The lowest BCUT2D eigenvalue weighted by molar-refractivity contribution is 0.101. The number of benzene rings is 1. The molecule has 204 valence electrons.